The molecular weight excluding hydrogens is 408 g/mol. The molecule has 3 aromatic rings. The zero-order valence-corrected chi connectivity index (χ0v) is 16.6. The van der Waals surface area contributed by atoms with Crippen LogP contribution < -0.4 is 5.32 Å². The van der Waals surface area contributed by atoms with Crippen molar-refractivity contribution in [2.45, 2.75) is 19.9 Å². The van der Waals surface area contributed by atoms with Gasteiger partial charge in [0.1, 0.15) is 6.04 Å². The van der Waals surface area contributed by atoms with E-state index in [9.17, 15) is 4.79 Å². The van der Waals surface area contributed by atoms with Crippen molar-refractivity contribution in [3.8, 4) is 11.4 Å². The monoisotopic (exact) mass is 426 g/mol. The number of carbonyl (C=O) groups is 1. The Morgan fingerprint density at radius 1 is 1.19 bits per heavy atom. The molecule has 138 valence electrons. The van der Waals surface area contributed by atoms with E-state index >= 15 is 0 Å². The van der Waals surface area contributed by atoms with Crippen LogP contribution in [0.25, 0.3) is 17.5 Å². The summed E-state index contributed by atoms with van der Waals surface area (Å²) in [6.07, 6.45) is 6.59. The van der Waals surface area contributed by atoms with Crippen molar-refractivity contribution in [2.24, 2.45) is 5.92 Å². The Morgan fingerprint density at radius 3 is 2.63 bits per heavy atom. The third-order valence-electron chi connectivity index (χ3n) is 3.93. The highest BCUT2D eigenvalue weighted by Crippen LogP contribution is 2.23. The second-order valence-corrected chi connectivity index (χ2v) is 7.13. The van der Waals surface area contributed by atoms with Gasteiger partial charge in [-0.2, -0.15) is 4.98 Å². The molecule has 6 nitrogen and oxygen atoms in total. The Balaban J connectivity index is 1.74. The number of benzene rings is 1. The molecular formula is C20H19BrN4O2. The van der Waals surface area contributed by atoms with E-state index in [4.69, 9.17) is 4.52 Å². The molecule has 1 unspecified atom stereocenters. The van der Waals surface area contributed by atoms with Crippen molar-refractivity contribution in [1.29, 1.82) is 0 Å². The SMILES string of the molecule is CC(C)C(NC(=O)/C=C/c1ccccc1Br)c1nc(-c2ccncc2)no1. The van der Waals surface area contributed by atoms with Gasteiger partial charge in [0, 0.05) is 28.5 Å². The molecule has 1 amide bonds. The third-order valence-corrected chi connectivity index (χ3v) is 4.65. The molecule has 0 aliphatic heterocycles. The molecule has 7 heteroatoms. The molecule has 0 bridgehead atoms. The van der Waals surface area contributed by atoms with Crippen LogP contribution in [0.4, 0.5) is 0 Å². The Hall–Kier alpha value is -2.80. The predicted octanol–water partition coefficient (Wildman–Crippen LogP) is 4.42. The highest BCUT2D eigenvalue weighted by atomic mass is 79.9. The lowest BCUT2D eigenvalue weighted by Gasteiger charge is -2.17. The van der Waals surface area contributed by atoms with Crippen LogP contribution in [0.3, 0.4) is 0 Å². The summed E-state index contributed by atoms with van der Waals surface area (Å²) in [4.78, 5) is 20.8. The van der Waals surface area contributed by atoms with E-state index in [2.05, 4.69) is 36.4 Å². The van der Waals surface area contributed by atoms with Crippen molar-refractivity contribution in [1.82, 2.24) is 20.4 Å². The second kappa shape index (κ2) is 8.73. The number of carbonyl (C=O) groups excluding carboxylic acids is 1. The number of hydrogen-bond donors (Lipinski definition) is 1. The van der Waals surface area contributed by atoms with Crippen LogP contribution in [0.1, 0.15) is 31.3 Å². The van der Waals surface area contributed by atoms with Crippen molar-refractivity contribution < 1.29 is 9.32 Å². The van der Waals surface area contributed by atoms with Gasteiger partial charge in [-0.15, -0.1) is 0 Å². The van der Waals surface area contributed by atoms with Gasteiger partial charge in [0.25, 0.3) is 0 Å². The first kappa shape index (κ1) is 19.0. The van der Waals surface area contributed by atoms with E-state index < -0.39 is 0 Å². The number of hydrogen-bond acceptors (Lipinski definition) is 5. The van der Waals surface area contributed by atoms with Crippen LogP contribution in [0, 0.1) is 5.92 Å². The molecule has 0 aliphatic carbocycles. The van der Waals surface area contributed by atoms with Crippen LogP contribution in [-0.2, 0) is 4.79 Å². The minimum atomic E-state index is -0.385. The lowest BCUT2D eigenvalue weighted by molar-refractivity contribution is -0.117. The maximum Gasteiger partial charge on any atom is 0.249 e. The molecule has 1 N–H and O–H groups in total. The molecule has 2 aromatic heterocycles. The van der Waals surface area contributed by atoms with Gasteiger partial charge in [-0.1, -0.05) is 53.1 Å². The largest absolute Gasteiger partial charge is 0.340 e. The van der Waals surface area contributed by atoms with Crippen LogP contribution in [0.2, 0.25) is 0 Å². The molecule has 1 aromatic carbocycles. The Bertz CT molecular complexity index is 938. The average molecular weight is 427 g/mol. The molecule has 0 fully saturated rings. The molecule has 27 heavy (non-hydrogen) atoms. The van der Waals surface area contributed by atoms with Gasteiger partial charge in [-0.3, -0.25) is 9.78 Å². The highest BCUT2D eigenvalue weighted by Gasteiger charge is 2.24. The third kappa shape index (κ3) is 4.89. The highest BCUT2D eigenvalue weighted by molar-refractivity contribution is 9.10. The van der Waals surface area contributed by atoms with Crippen LogP contribution in [-0.4, -0.2) is 21.0 Å². The summed E-state index contributed by atoms with van der Waals surface area (Å²) >= 11 is 3.46. The van der Waals surface area contributed by atoms with Crippen molar-refractivity contribution in [3.05, 3.63) is 70.8 Å². The van der Waals surface area contributed by atoms with Gasteiger partial charge >= 0.3 is 0 Å². The first-order chi connectivity index (χ1) is 13.0. The van der Waals surface area contributed by atoms with Crippen LogP contribution in [0.5, 0.6) is 0 Å². The van der Waals surface area contributed by atoms with Gasteiger partial charge in [-0.25, -0.2) is 0 Å². The van der Waals surface area contributed by atoms with E-state index in [0.29, 0.717) is 11.7 Å². The maximum absolute atomic E-state index is 12.4. The normalized spacial score (nSPS) is 12.4. The molecule has 0 spiro atoms. The standard InChI is InChI=1S/C20H19BrN4O2/c1-13(2)18(20-24-19(25-27-20)15-9-11-22-12-10-15)23-17(26)8-7-14-5-3-4-6-16(14)21/h3-13,18H,1-2H3,(H,23,26)/b8-7+. The lowest BCUT2D eigenvalue weighted by Crippen LogP contribution is -2.30. The predicted molar refractivity (Wildman–Crippen MR) is 106 cm³/mol. The molecule has 0 saturated carbocycles. The van der Waals surface area contributed by atoms with E-state index in [-0.39, 0.29) is 17.9 Å². The van der Waals surface area contributed by atoms with Crippen molar-refractivity contribution in [3.63, 3.8) is 0 Å². The lowest BCUT2D eigenvalue weighted by atomic mass is 10.0. The summed E-state index contributed by atoms with van der Waals surface area (Å²) in [6, 6.07) is 10.9. The summed E-state index contributed by atoms with van der Waals surface area (Å²) in [5.41, 5.74) is 1.73. The maximum atomic E-state index is 12.4. The van der Waals surface area contributed by atoms with Gasteiger partial charge in [0.05, 0.1) is 0 Å². The van der Waals surface area contributed by atoms with E-state index in [0.717, 1.165) is 15.6 Å². The quantitative estimate of drug-likeness (QED) is 0.589. The van der Waals surface area contributed by atoms with Crippen molar-refractivity contribution >= 4 is 27.9 Å². The summed E-state index contributed by atoms with van der Waals surface area (Å²) < 4.78 is 6.32. The summed E-state index contributed by atoms with van der Waals surface area (Å²) in [5.74, 6) is 0.695. The number of pyridine rings is 1. The molecule has 0 radical (unpaired) electrons. The summed E-state index contributed by atoms with van der Waals surface area (Å²) in [6.45, 7) is 3.97. The first-order valence-electron chi connectivity index (χ1n) is 8.51. The van der Waals surface area contributed by atoms with E-state index in [1.54, 1.807) is 30.6 Å². The van der Waals surface area contributed by atoms with Gasteiger partial charge in [-0.05, 0) is 35.8 Å². The minimum absolute atomic E-state index is 0.0801. The fourth-order valence-corrected chi connectivity index (χ4v) is 2.89. The zero-order chi connectivity index (χ0) is 19.2. The van der Waals surface area contributed by atoms with Crippen molar-refractivity contribution in [2.75, 3.05) is 0 Å². The minimum Gasteiger partial charge on any atom is -0.340 e. The van der Waals surface area contributed by atoms with Crippen LogP contribution in [0.15, 0.2) is 63.9 Å². The van der Waals surface area contributed by atoms with Gasteiger partial charge in [0.2, 0.25) is 17.6 Å². The summed E-state index contributed by atoms with van der Waals surface area (Å²) in [7, 11) is 0. The second-order valence-electron chi connectivity index (χ2n) is 6.28. The molecule has 2 heterocycles. The fourth-order valence-electron chi connectivity index (χ4n) is 2.47. The van der Waals surface area contributed by atoms with Gasteiger partial charge in [0.15, 0.2) is 0 Å². The Kier molecular flexibility index (Phi) is 6.13. The molecule has 0 aliphatic rings. The molecule has 0 saturated heterocycles. The first-order valence-corrected chi connectivity index (χ1v) is 9.31. The smallest absolute Gasteiger partial charge is 0.249 e. The Morgan fingerprint density at radius 2 is 1.93 bits per heavy atom. The fraction of sp³-hybridized carbons (Fsp3) is 0.200. The molecule has 1 atom stereocenters. The van der Waals surface area contributed by atoms with Gasteiger partial charge < -0.3 is 9.84 Å². The van der Waals surface area contributed by atoms with E-state index in [1.807, 2.05) is 38.1 Å². The number of nitrogens with zero attached hydrogens (tertiary/aromatic N) is 3. The Labute approximate surface area is 165 Å². The number of amides is 1. The summed E-state index contributed by atoms with van der Waals surface area (Å²) in [5, 5.41) is 6.95. The van der Waals surface area contributed by atoms with E-state index in [1.165, 1.54) is 6.08 Å². The number of halogens is 1. The zero-order valence-electron chi connectivity index (χ0n) is 15.0. The number of nitrogens with one attached hydrogen (secondary N) is 1. The topological polar surface area (TPSA) is 80.9 Å². The number of aromatic nitrogens is 3. The molecule has 3 rings (SSSR count). The average Bonchev–Trinajstić information content (AvgIpc) is 3.16. The number of rotatable bonds is 6. The van der Waals surface area contributed by atoms with Crippen LogP contribution >= 0.6 is 15.9 Å².